The van der Waals surface area contributed by atoms with Gasteiger partial charge >= 0.3 is 17.6 Å². The van der Waals surface area contributed by atoms with Crippen LogP contribution in [0.5, 0.6) is 0 Å². The lowest BCUT2D eigenvalue weighted by molar-refractivity contribution is 0.251. The van der Waals surface area contributed by atoms with Crippen molar-refractivity contribution < 1.29 is 13.2 Å². The van der Waals surface area contributed by atoms with E-state index in [1.54, 1.807) is 12.4 Å². The summed E-state index contributed by atoms with van der Waals surface area (Å²) >= 11 is -0.750. The summed E-state index contributed by atoms with van der Waals surface area (Å²) in [6.45, 7) is 0.465. The van der Waals surface area contributed by atoms with Gasteiger partial charge in [-0.1, -0.05) is 24.3 Å². The van der Waals surface area contributed by atoms with Crippen molar-refractivity contribution in [1.82, 2.24) is 10.3 Å². The highest BCUT2D eigenvalue weighted by Gasteiger charge is 2.00. The highest BCUT2D eigenvalue weighted by atomic mass is 32.1. The van der Waals surface area contributed by atoms with Gasteiger partial charge in [0.05, 0.1) is 0 Å². The molecule has 7 heteroatoms. The number of urea groups is 1. The lowest BCUT2D eigenvalue weighted by atomic mass is 10.3. The summed E-state index contributed by atoms with van der Waals surface area (Å²) < 4.78 is 16.6. The zero-order chi connectivity index (χ0) is 14.6. The minimum Gasteiger partial charge on any atom is -0.334 e. The maximum absolute atomic E-state index is 11.5. The maximum Gasteiger partial charge on any atom is 0.335 e. The second kappa shape index (κ2) is 9.40. The van der Waals surface area contributed by atoms with Gasteiger partial charge < -0.3 is 10.6 Å². The number of amides is 2. The third-order valence-electron chi connectivity index (χ3n) is 2.21. The highest BCUT2D eigenvalue weighted by molar-refractivity contribution is 7.51. The zero-order valence-electron chi connectivity index (χ0n) is 10.5. The van der Waals surface area contributed by atoms with E-state index in [2.05, 4.69) is 15.6 Å². The number of carbonyl (C=O) groups is 1. The Balaban J connectivity index is 0.000000612. The quantitative estimate of drug-likeness (QED) is 0.901. The molecule has 0 atom stereocenters. The van der Waals surface area contributed by atoms with Crippen LogP contribution in [0.25, 0.3) is 0 Å². The number of nitrogens with zero attached hydrogens (tertiary/aromatic N) is 1. The van der Waals surface area contributed by atoms with Crippen molar-refractivity contribution in [2.24, 2.45) is 0 Å². The van der Waals surface area contributed by atoms with Crippen molar-refractivity contribution in [3.63, 3.8) is 0 Å². The number of para-hydroxylation sites is 1. The van der Waals surface area contributed by atoms with Crippen LogP contribution in [0.4, 0.5) is 10.5 Å². The molecule has 2 aromatic rings. The van der Waals surface area contributed by atoms with Gasteiger partial charge in [0.15, 0.2) is 0 Å². The molecule has 2 rings (SSSR count). The molecule has 0 unspecified atom stereocenters. The highest BCUT2D eigenvalue weighted by Crippen LogP contribution is 2.04. The molecule has 0 saturated carbocycles. The van der Waals surface area contributed by atoms with E-state index in [0.29, 0.717) is 6.54 Å². The number of anilines is 1. The van der Waals surface area contributed by atoms with Crippen LogP contribution in [0.15, 0.2) is 54.9 Å². The molecule has 0 fully saturated rings. The first-order chi connectivity index (χ1) is 9.76. The molecule has 0 saturated heterocycles. The average Bonchev–Trinajstić information content (AvgIpc) is 2.48. The number of pyridine rings is 1. The first kappa shape index (κ1) is 15.5. The summed E-state index contributed by atoms with van der Waals surface area (Å²) in [5, 5.41) is 5.50. The zero-order valence-corrected chi connectivity index (χ0v) is 11.3. The largest absolute Gasteiger partial charge is 0.335 e. The topological polar surface area (TPSA) is 88.2 Å². The van der Waals surface area contributed by atoms with Gasteiger partial charge in [0.1, 0.15) is 0 Å². The molecule has 0 aliphatic heterocycles. The Bertz CT molecular complexity index is 558. The number of nitrogens with one attached hydrogen (secondary N) is 2. The molecule has 20 heavy (non-hydrogen) atoms. The van der Waals surface area contributed by atoms with Gasteiger partial charge in [0.25, 0.3) is 0 Å². The van der Waals surface area contributed by atoms with Crippen LogP contribution in [0.1, 0.15) is 5.56 Å². The summed E-state index contributed by atoms with van der Waals surface area (Å²) in [5.74, 6) is 0. The molecular formula is C13H13N3O3S. The Morgan fingerprint density at radius 3 is 2.40 bits per heavy atom. The van der Waals surface area contributed by atoms with Crippen molar-refractivity contribution in [3.05, 3.63) is 60.4 Å². The van der Waals surface area contributed by atoms with Crippen molar-refractivity contribution in [3.8, 4) is 0 Å². The number of hydrogen-bond donors (Lipinski definition) is 2. The Hall–Kier alpha value is -2.54. The Morgan fingerprint density at radius 1 is 1.10 bits per heavy atom. The van der Waals surface area contributed by atoms with Crippen LogP contribution in [-0.2, 0) is 18.1 Å². The van der Waals surface area contributed by atoms with E-state index < -0.39 is 11.6 Å². The summed E-state index contributed by atoms with van der Waals surface area (Å²) in [7, 11) is 0. The third-order valence-corrected chi connectivity index (χ3v) is 2.21. The van der Waals surface area contributed by atoms with Crippen molar-refractivity contribution >= 4 is 23.3 Å². The molecule has 0 aliphatic rings. The van der Waals surface area contributed by atoms with E-state index in [1.165, 1.54) is 0 Å². The summed E-state index contributed by atoms with van der Waals surface area (Å²) in [5.41, 5.74) is 1.74. The van der Waals surface area contributed by atoms with Gasteiger partial charge in [0, 0.05) is 24.6 Å². The van der Waals surface area contributed by atoms with Gasteiger partial charge in [0.2, 0.25) is 0 Å². The molecule has 104 valence electrons. The minimum atomic E-state index is -0.750. The van der Waals surface area contributed by atoms with Crippen molar-refractivity contribution in [1.29, 1.82) is 0 Å². The van der Waals surface area contributed by atoms with Crippen LogP contribution in [0, 0.1) is 0 Å². The monoisotopic (exact) mass is 291 g/mol. The van der Waals surface area contributed by atoms with Gasteiger partial charge in [-0.2, -0.15) is 8.42 Å². The SMILES string of the molecule is O=C(NCc1cccnc1)Nc1ccccc1.O=S=O. The smallest absolute Gasteiger partial charge is 0.334 e. The van der Waals surface area contributed by atoms with Gasteiger partial charge in [-0.15, -0.1) is 0 Å². The Labute approximate surface area is 119 Å². The van der Waals surface area contributed by atoms with E-state index in [-0.39, 0.29) is 6.03 Å². The number of rotatable bonds is 3. The minimum absolute atomic E-state index is 0.222. The van der Waals surface area contributed by atoms with Crippen LogP contribution in [-0.4, -0.2) is 19.4 Å². The van der Waals surface area contributed by atoms with Crippen molar-refractivity contribution in [2.75, 3.05) is 5.32 Å². The first-order valence-corrected chi connectivity index (χ1v) is 6.33. The maximum atomic E-state index is 11.5. The molecule has 0 bridgehead atoms. The fourth-order valence-corrected chi connectivity index (χ4v) is 1.38. The molecule has 1 heterocycles. The van der Waals surface area contributed by atoms with E-state index >= 15 is 0 Å². The lowest BCUT2D eigenvalue weighted by Gasteiger charge is -2.07. The van der Waals surface area contributed by atoms with E-state index in [9.17, 15) is 4.79 Å². The fourth-order valence-electron chi connectivity index (χ4n) is 1.38. The van der Waals surface area contributed by atoms with Crippen LogP contribution >= 0.6 is 0 Å². The lowest BCUT2D eigenvalue weighted by Crippen LogP contribution is -2.28. The molecule has 1 aromatic carbocycles. The fraction of sp³-hybridized carbons (Fsp3) is 0.0769. The molecule has 2 N–H and O–H groups in total. The standard InChI is InChI=1S/C13H13N3O.O2S/c17-13(16-12-6-2-1-3-7-12)15-10-11-5-4-8-14-9-11;1-3-2/h1-9H,10H2,(H2,15,16,17);. The average molecular weight is 291 g/mol. The number of hydrogen-bond acceptors (Lipinski definition) is 4. The van der Waals surface area contributed by atoms with Gasteiger partial charge in [-0.3, -0.25) is 4.98 Å². The summed E-state index contributed by atoms with van der Waals surface area (Å²) in [6.07, 6.45) is 3.43. The molecule has 2 amide bonds. The third kappa shape index (κ3) is 6.41. The molecule has 1 aromatic heterocycles. The first-order valence-electron chi connectivity index (χ1n) is 5.67. The Morgan fingerprint density at radius 2 is 1.80 bits per heavy atom. The molecule has 6 nitrogen and oxygen atoms in total. The van der Waals surface area contributed by atoms with E-state index in [0.717, 1.165) is 11.3 Å². The van der Waals surface area contributed by atoms with Gasteiger partial charge in [-0.25, -0.2) is 4.79 Å². The predicted molar refractivity (Wildman–Crippen MR) is 75.5 cm³/mol. The van der Waals surface area contributed by atoms with Crippen molar-refractivity contribution in [2.45, 2.75) is 6.54 Å². The number of benzene rings is 1. The van der Waals surface area contributed by atoms with Crippen LogP contribution < -0.4 is 10.6 Å². The van der Waals surface area contributed by atoms with Crippen LogP contribution in [0.2, 0.25) is 0 Å². The predicted octanol–water partition coefficient (Wildman–Crippen LogP) is 1.73. The Kier molecular flexibility index (Phi) is 7.29. The van der Waals surface area contributed by atoms with Gasteiger partial charge in [-0.05, 0) is 23.8 Å². The molecular weight excluding hydrogens is 278 g/mol. The number of carbonyl (C=O) groups excluding carboxylic acids is 1. The number of aromatic nitrogens is 1. The summed E-state index contributed by atoms with van der Waals surface area (Å²) in [6, 6.07) is 12.8. The second-order valence-electron chi connectivity index (χ2n) is 3.60. The summed E-state index contributed by atoms with van der Waals surface area (Å²) in [4.78, 5) is 15.5. The second-order valence-corrected chi connectivity index (χ2v) is 3.74. The van der Waals surface area contributed by atoms with E-state index in [4.69, 9.17) is 8.42 Å². The van der Waals surface area contributed by atoms with Crippen LogP contribution in [0.3, 0.4) is 0 Å². The molecule has 0 spiro atoms. The van der Waals surface area contributed by atoms with E-state index in [1.807, 2.05) is 42.5 Å². The molecule has 0 radical (unpaired) electrons. The molecule has 0 aliphatic carbocycles. The normalized spacial score (nSPS) is 8.80.